The minimum Gasteiger partial charge on any atom is -0.371 e. The third-order valence-corrected chi connectivity index (χ3v) is 4.92. The van der Waals surface area contributed by atoms with Gasteiger partial charge >= 0.3 is 0 Å². The van der Waals surface area contributed by atoms with Gasteiger partial charge in [-0.3, -0.25) is 4.90 Å². The summed E-state index contributed by atoms with van der Waals surface area (Å²) in [5.74, 6) is 0. The van der Waals surface area contributed by atoms with E-state index in [9.17, 15) is 0 Å². The number of rotatable bonds is 3. The van der Waals surface area contributed by atoms with Gasteiger partial charge in [0.25, 0.3) is 0 Å². The summed E-state index contributed by atoms with van der Waals surface area (Å²) in [4.78, 5) is 5.29. The fourth-order valence-corrected chi connectivity index (χ4v) is 3.78. The third kappa shape index (κ3) is 3.92. The molecule has 0 unspecified atom stereocenters. The van der Waals surface area contributed by atoms with Crippen LogP contribution < -0.4 is 10.6 Å². The molecule has 2 atom stereocenters. The van der Waals surface area contributed by atoms with Crippen LogP contribution in [0.3, 0.4) is 0 Å². The van der Waals surface area contributed by atoms with Crippen LogP contribution in [0, 0.1) is 0 Å². The Balaban J connectivity index is 1.39. The molecule has 3 aliphatic rings. The summed E-state index contributed by atoms with van der Waals surface area (Å²) in [6, 6.07) is 0.817. The van der Waals surface area contributed by atoms with Crippen LogP contribution in [0.4, 0.5) is 0 Å². The summed E-state index contributed by atoms with van der Waals surface area (Å²) in [6.07, 6.45) is 3.41. The first-order chi connectivity index (χ1) is 9.81. The molecule has 3 fully saturated rings. The van der Waals surface area contributed by atoms with Crippen molar-refractivity contribution >= 4 is 0 Å². The van der Waals surface area contributed by atoms with Crippen LogP contribution in [0.15, 0.2) is 0 Å². The smallest absolute Gasteiger partial charge is 0.0830 e. The molecule has 0 aromatic heterocycles. The molecule has 0 radical (unpaired) electrons. The molecule has 5 nitrogen and oxygen atoms in total. The lowest BCUT2D eigenvalue weighted by molar-refractivity contribution is -0.0473. The number of piperidine rings is 1. The fourth-order valence-electron chi connectivity index (χ4n) is 3.78. The quantitative estimate of drug-likeness (QED) is 0.746. The Morgan fingerprint density at radius 3 is 2.45 bits per heavy atom. The van der Waals surface area contributed by atoms with Crippen molar-refractivity contribution in [2.45, 2.75) is 38.0 Å². The van der Waals surface area contributed by atoms with Crippen molar-refractivity contribution in [3.8, 4) is 0 Å². The van der Waals surface area contributed by atoms with Crippen molar-refractivity contribution in [1.29, 1.82) is 0 Å². The Bertz CT molecular complexity index is 288. The normalized spacial score (nSPS) is 35.2. The molecule has 0 aromatic carbocycles. The first-order valence-corrected chi connectivity index (χ1v) is 8.34. The molecule has 3 heterocycles. The number of hydrogen-bond donors (Lipinski definition) is 2. The molecule has 3 aliphatic heterocycles. The van der Waals surface area contributed by atoms with E-state index in [0.717, 1.165) is 25.7 Å². The summed E-state index contributed by atoms with van der Waals surface area (Å²) in [5.41, 5.74) is 0. The SMILES string of the molecule is C[C@@H]1CNC[C@@H](CN2CCC(N3CCNCC3)CC2)O1. The zero-order valence-electron chi connectivity index (χ0n) is 12.8. The third-order valence-electron chi connectivity index (χ3n) is 4.92. The van der Waals surface area contributed by atoms with Crippen molar-refractivity contribution < 1.29 is 4.74 Å². The van der Waals surface area contributed by atoms with Crippen LogP contribution in [0.2, 0.25) is 0 Å². The molecule has 20 heavy (non-hydrogen) atoms. The van der Waals surface area contributed by atoms with Crippen molar-refractivity contribution in [3.05, 3.63) is 0 Å². The molecule has 0 aromatic rings. The zero-order valence-corrected chi connectivity index (χ0v) is 12.8. The molecule has 3 saturated heterocycles. The zero-order chi connectivity index (χ0) is 13.8. The Morgan fingerprint density at radius 2 is 1.75 bits per heavy atom. The van der Waals surface area contributed by atoms with Crippen molar-refractivity contribution in [2.24, 2.45) is 0 Å². The van der Waals surface area contributed by atoms with Gasteiger partial charge in [-0.2, -0.15) is 0 Å². The maximum Gasteiger partial charge on any atom is 0.0830 e. The second-order valence-electron chi connectivity index (χ2n) is 6.54. The minimum absolute atomic E-state index is 0.368. The van der Waals surface area contributed by atoms with E-state index in [1.807, 2.05) is 0 Å². The summed E-state index contributed by atoms with van der Waals surface area (Å²) in [7, 11) is 0. The molecule has 2 N–H and O–H groups in total. The Hall–Kier alpha value is -0.200. The number of ether oxygens (including phenoxy) is 1. The Morgan fingerprint density at radius 1 is 1.00 bits per heavy atom. The standard InChI is InChI=1S/C15H30N4O/c1-13-10-17-11-15(20-13)12-18-6-2-14(3-7-18)19-8-4-16-5-9-19/h13-17H,2-12H2,1H3/t13-,15+/m1/s1. The van der Waals surface area contributed by atoms with E-state index >= 15 is 0 Å². The van der Waals surface area contributed by atoms with Gasteiger partial charge < -0.3 is 20.3 Å². The lowest BCUT2D eigenvalue weighted by atomic mass is 10.0. The second kappa shape index (κ2) is 7.18. The Labute approximate surface area is 123 Å². The lowest BCUT2D eigenvalue weighted by Gasteiger charge is -2.41. The summed E-state index contributed by atoms with van der Waals surface area (Å²) in [6.45, 7) is 12.6. The predicted molar refractivity (Wildman–Crippen MR) is 81.1 cm³/mol. The second-order valence-corrected chi connectivity index (χ2v) is 6.54. The van der Waals surface area contributed by atoms with Crippen LogP contribution >= 0.6 is 0 Å². The van der Waals surface area contributed by atoms with Gasteiger partial charge in [0.2, 0.25) is 0 Å². The van der Waals surface area contributed by atoms with Crippen LogP contribution in [0.25, 0.3) is 0 Å². The van der Waals surface area contributed by atoms with Gasteiger partial charge in [-0.25, -0.2) is 0 Å². The Kier molecular flexibility index (Phi) is 5.29. The van der Waals surface area contributed by atoms with Crippen LogP contribution in [0.5, 0.6) is 0 Å². The van der Waals surface area contributed by atoms with E-state index in [1.54, 1.807) is 0 Å². The summed E-state index contributed by atoms with van der Waals surface area (Å²) in [5, 5.41) is 6.91. The topological polar surface area (TPSA) is 39.8 Å². The van der Waals surface area contributed by atoms with E-state index in [4.69, 9.17) is 4.74 Å². The van der Waals surface area contributed by atoms with Crippen LogP contribution in [-0.4, -0.2) is 87.0 Å². The monoisotopic (exact) mass is 282 g/mol. The summed E-state index contributed by atoms with van der Waals surface area (Å²) >= 11 is 0. The van der Waals surface area contributed by atoms with E-state index in [-0.39, 0.29) is 0 Å². The van der Waals surface area contributed by atoms with Gasteiger partial charge in [0.15, 0.2) is 0 Å². The molecule has 116 valence electrons. The highest BCUT2D eigenvalue weighted by Gasteiger charge is 2.27. The van der Waals surface area contributed by atoms with Crippen molar-refractivity contribution in [1.82, 2.24) is 20.4 Å². The lowest BCUT2D eigenvalue weighted by Crippen LogP contribution is -2.54. The van der Waals surface area contributed by atoms with E-state index in [1.165, 1.54) is 52.1 Å². The predicted octanol–water partition coefficient (Wildman–Crippen LogP) is -0.267. The minimum atomic E-state index is 0.368. The highest BCUT2D eigenvalue weighted by Crippen LogP contribution is 2.18. The van der Waals surface area contributed by atoms with Crippen LogP contribution in [-0.2, 0) is 4.74 Å². The van der Waals surface area contributed by atoms with E-state index in [2.05, 4.69) is 27.4 Å². The van der Waals surface area contributed by atoms with E-state index < -0.39 is 0 Å². The first kappa shape index (κ1) is 14.7. The highest BCUT2D eigenvalue weighted by atomic mass is 16.5. The van der Waals surface area contributed by atoms with Gasteiger partial charge in [0.1, 0.15) is 0 Å². The van der Waals surface area contributed by atoms with Crippen molar-refractivity contribution in [3.63, 3.8) is 0 Å². The number of nitrogens with one attached hydrogen (secondary N) is 2. The molecule has 0 spiro atoms. The number of nitrogens with zero attached hydrogens (tertiary/aromatic N) is 2. The van der Waals surface area contributed by atoms with Gasteiger partial charge in [-0.15, -0.1) is 0 Å². The van der Waals surface area contributed by atoms with E-state index in [0.29, 0.717) is 12.2 Å². The number of piperazine rings is 1. The average molecular weight is 282 g/mol. The fraction of sp³-hybridized carbons (Fsp3) is 1.00. The molecular formula is C15H30N4O. The molecule has 0 amide bonds. The maximum absolute atomic E-state index is 6.01. The maximum atomic E-state index is 6.01. The summed E-state index contributed by atoms with van der Waals surface area (Å²) < 4.78 is 6.01. The largest absolute Gasteiger partial charge is 0.371 e. The van der Waals surface area contributed by atoms with Gasteiger partial charge in [-0.05, 0) is 32.9 Å². The molecule has 5 heteroatoms. The number of morpholine rings is 1. The first-order valence-electron chi connectivity index (χ1n) is 8.34. The molecular weight excluding hydrogens is 252 g/mol. The number of likely N-dealkylation sites (tertiary alicyclic amines) is 1. The van der Waals surface area contributed by atoms with Gasteiger partial charge in [0.05, 0.1) is 12.2 Å². The molecule has 3 rings (SSSR count). The van der Waals surface area contributed by atoms with Crippen LogP contribution in [0.1, 0.15) is 19.8 Å². The average Bonchev–Trinajstić information content (AvgIpc) is 2.49. The molecule has 0 aliphatic carbocycles. The van der Waals surface area contributed by atoms with Gasteiger partial charge in [-0.1, -0.05) is 0 Å². The number of hydrogen-bond acceptors (Lipinski definition) is 5. The highest BCUT2D eigenvalue weighted by molar-refractivity contribution is 4.84. The van der Waals surface area contributed by atoms with Gasteiger partial charge in [0, 0.05) is 51.9 Å². The van der Waals surface area contributed by atoms with Crippen molar-refractivity contribution in [2.75, 3.05) is 58.9 Å². The molecule has 0 saturated carbocycles. The molecule has 0 bridgehead atoms.